The minimum absolute atomic E-state index is 0.290. The van der Waals surface area contributed by atoms with Gasteiger partial charge >= 0.3 is 0 Å². The number of ketones is 2. The van der Waals surface area contributed by atoms with Crippen LogP contribution in [0.2, 0.25) is 0 Å². The fourth-order valence-corrected chi connectivity index (χ4v) is 7.73. The van der Waals surface area contributed by atoms with Crippen molar-refractivity contribution in [2.75, 3.05) is 11.5 Å². The third kappa shape index (κ3) is 6.83. The molecule has 0 amide bonds. The number of hydrogen-bond acceptors (Lipinski definition) is 6. The molecular weight excluding hydrogens is 484 g/mol. The number of aromatic nitrogens is 1. The molecule has 2 aliphatic heterocycles. The molecule has 3 heterocycles. The Morgan fingerprint density at radius 1 is 1.22 bits per heavy atom. The quantitative estimate of drug-likeness (QED) is 0.439. The lowest BCUT2D eigenvalue weighted by molar-refractivity contribution is -0.130. The second-order valence-electron chi connectivity index (χ2n) is 10.5. The third-order valence-corrected chi connectivity index (χ3v) is 10.2. The van der Waals surface area contributed by atoms with Crippen LogP contribution in [0.5, 0.6) is 0 Å². The number of nitrogens with zero attached hydrogens (tertiary/aromatic N) is 1. The Morgan fingerprint density at radius 3 is 2.67 bits per heavy atom. The van der Waals surface area contributed by atoms with Gasteiger partial charge in [-0.15, -0.1) is 23.5 Å². The van der Waals surface area contributed by atoms with E-state index in [9.17, 15) is 9.59 Å². The number of pyridine rings is 1. The molecule has 36 heavy (non-hydrogen) atoms. The molecule has 0 saturated heterocycles. The fourth-order valence-electron chi connectivity index (χ4n) is 6.04. The summed E-state index contributed by atoms with van der Waals surface area (Å²) in [4.78, 5) is 30.5. The third-order valence-electron chi connectivity index (χ3n) is 8.14. The predicted molar refractivity (Wildman–Crippen MR) is 151 cm³/mol. The van der Waals surface area contributed by atoms with Gasteiger partial charge in [0.2, 0.25) is 0 Å². The lowest BCUT2D eigenvalue weighted by Gasteiger charge is -2.56. The molecule has 3 unspecified atom stereocenters. The molecule has 6 aliphatic rings. The first-order valence-corrected chi connectivity index (χ1v) is 15.1. The van der Waals surface area contributed by atoms with Gasteiger partial charge in [0, 0.05) is 28.1 Å². The topological polar surface area (TPSA) is 73.1 Å². The van der Waals surface area contributed by atoms with Crippen LogP contribution >= 0.6 is 23.5 Å². The van der Waals surface area contributed by atoms with Crippen LogP contribution in [0.25, 0.3) is 0 Å². The van der Waals surface area contributed by atoms with Crippen molar-refractivity contribution in [1.82, 2.24) is 4.98 Å². The number of thioether (sulfide) groups is 2. The second-order valence-corrected chi connectivity index (χ2v) is 12.6. The van der Waals surface area contributed by atoms with Crippen molar-refractivity contribution < 1.29 is 9.59 Å². The molecule has 7 rings (SSSR count). The highest BCUT2D eigenvalue weighted by Crippen LogP contribution is 2.57. The van der Waals surface area contributed by atoms with Crippen LogP contribution in [0.3, 0.4) is 0 Å². The zero-order valence-electron chi connectivity index (χ0n) is 21.3. The number of allylic oxidation sites excluding steroid dienone is 6. The van der Waals surface area contributed by atoms with Gasteiger partial charge < -0.3 is 5.73 Å². The zero-order chi connectivity index (χ0) is 25.5. The first-order chi connectivity index (χ1) is 17.5. The number of carbonyl (C=O) groups excluding carboxylic acids is 2. The summed E-state index contributed by atoms with van der Waals surface area (Å²) < 4.78 is 0. The summed E-state index contributed by atoms with van der Waals surface area (Å²) in [5.74, 6) is 5.79. The Hall–Kier alpha value is -2.05. The standard InChI is InChI=1S/C16H21NOS.C14H17NOS/c1-10-14-7-11-8-15(10)13(14)4-2-3-12(5-6-17)19-9-16(11)18;1-11-3-2-4-12(9-11)14(16)10-17-13-5-7-15-8-6-13/h2-6,10-11,13-15H,7-9,17H2,1H3;4-8,11H,2-3,9-10H2,1H3/b4-2-,6-5-,12-3+;. The number of nitrogens with two attached hydrogens (primary N) is 1. The summed E-state index contributed by atoms with van der Waals surface area (Å²) in [5, 5.41) is 0. The fraction of sp³-hybridized carbons (Fsp3) is 0.500. The molecule has 0 spiro atoms. The van der Waals surface area contributed by atoms with Gasteiger partial charge in [-0.3, -0.25) is 14.6 Å². The van der Waals surface area contributed by atoms with Gasteiger partial charge in [-0.2, -0.15) is 0 Å². The Bertz CT molecular complexity index is 1030. The molecule has 3 fully saturated rings. The highest BCUT2D eigenvalue weighted by molar-refractivity contribution is 8.03. The molecule has 3 saturated carbocycles. The van der Waals surface area contributed by atoms with Crippen molar-refractivity contribution in [3.05, 3.63) is 71.6 Å². The molecule has 4 bridgehead atoms. The van der Waals surface area contributed by atoms with Crippen molar-refractivity contribution in [2.45, 2.75) is 50.8 Å². The summed E-state index contributed by atoms with van der Waals surface area (Å²) in [5.41, 5.74) is 6.49. The minimum atomic E-state index is 0.290. The first kappa shape index (κ1) is 27.0. The smallest absolute Gasteiger partial charge is 0.168 e. The average Bonchev–Trinajstić information content (AvgIpc) is 2.94. The van der Waals surface area contributed by atoms with Crippen molar-refractivity contribution in [3.63, 3.8) is 0 Å². The van der Waals surface area contributed by atoms with Gasteiger partial charge in [-0.25, -0.2) is 0 Å². The molecule has 0 radical (unpaired) electrons. The number of rotatable bonds is 5. The van der Waals surface area contributed by atoms with Gasteiger partial charge in [0.05, 0.1) is 11.5 Å². The maximum absolute atomic E-state index is 12.3. The van der Waals surface area contributed by atoms with Crippen LogP contribution in [0.15, 0.2) is 76.5 Å². The van der Waals surface area contributed by atoms with E-state index in [2.05, 4.69) is 43.1 Å². The van der Waals surface area contributed by atoms with E-state index in [1.807, 2.05) is 18.2 Å². The van der Waals surface area contributed by atoms with E-state index in [-0.39, 0.29) is 0 Å². The highest BCUT2D eigenvalue weighted by Gasteiger charge is 2.52. The van der Waals surface area contributed by atoms with Crippen LogP contribution in [0.1, 0.15) is 46.0 Å². The monoisotopic (exact) mass is 522 g/mol. The van der Waals surface area contributed by atoms with E-state index in [1.165, 1.54) is 6.42 Å². The van der Waals surface area contributed by atoms with Crippen molar-refractivity contribution in [1.29, 1.82) is 0 Å². The van der Waals surface area contributed by atoms with E-state index < -0.39 is 0 Å². The Kier molecular flexibility index (Phi) is 9.72. The molecule has 6 heteroatoms. The van der Waals surface area contributed by atoms with E-state index in [1.54, 1.807) is 42.1 Å². The second kappa shape index (κ2) is 13.0. The van der Waals surface area contributed by atoms with E-state index in [0.29, 0.717) is 40.8 Å². The Morgan fingerprint density at radius 2 is 1.97 bits per heavy atom. The van der Waals surface area contributed by atoms with Gasteiger partial charge in [0.25, 0.3) is 0 Å². The SMILES string of the molecule is CC1C2CC3CC1C2\C=C/C=C(\C=C/N)SCC3=O.CC1CCC=C(C(=O)CSc2ccncc2)C1. The van der Waals surface area contributed by atoms with Crippen LogP contribution < -0.4 is 5.73 Å². The summed E-state index contributed by atoms with van der Waals surface area (Å²) in [6, 6.07) is 3.88. The highest BCUT2D eigenvalue weighted by atomic mass is 32.2. The van der Waals surface area contributed by atoms with E-state index >= 15 is 0 Å². The summed E-state index contributed by atoms with van der Waals surface area (Å²) in [6.07, 6.45) is 21.1. The molecule has 3 atom stereocenters. The molecule has 4 nitrogen and oxygen atoms in total. The lowest BCUT2D eigenvalue weighted by Crippen LogP contribution is -2.51. The summed E-state index contributed by atoms with van der Waals surface area (Å²) >= 11 is 3.20. The summed E-state index contributed by atoms with van der Waals surface area (Å²) in [7, 11) is 0. The molecule has 4 aliphatic carbocycles. The summed E-state index contributed by atoms with van der Waals surface area (Å²) in [6.45, 7) is 4.57. The van der Waals surface area contributed by atoms with Crippen LogP contribution in [0, 0.1) is 35.5 Å². The van der Waals surface area contributed by atoms with Crippen LogP contribution in [0.4, 0.5) is 0 Å². The van der Waals surface area contributed by atoms with Gasteiger partial charge in [0.1, 0.15) is 5.78 Å². The zero-order valence-corrected chi connectivity index (χ0v) is 23.0. The number of fused-ring (bicyclic) bond motifs is 4. The Balaban J connectivity index is 0.000000170. The Labute approximate surface area is 224 Å². The molecule has 0 aromatic carbocycles. The molecule has 1 aromatic heterocycles. The van der Waals surface area contributed by atoms with Crippen molar-refractivity contribution in [3.8, 4) is 0 Å². The van der Waals surface area contributed by atoms with Crippen molar-refractivity contribution >= 4 is 35.1 Å². The number of hydrogen-bond donors (Lipinski definition) is 1. The van der Waals surface area contributed by atoms with Crippen molar-refractivity contribution in [2.24, 2.45) is 41.2 Å². The van der Waals surface area contributed by atoms with Gasteiger partial charge in [0.15, 0.2) is 5.78 Å². The van der Waals surface area contributed by atoms with Gasteiger partial charge in [-0.1, -0.05) is 32.1 Å². The normalized spacial score (nSPS) is 33.8. The predicted octanol–water partition coefficient (Wildman–Crippen LogP) is 6.61. The minimum Gasteiger partial charge on any atom is -0.405 e. The molecule has 1 aromatic rings. The molecule has 192 valence electrons. The maximum Gasteiger partial charge on any atom is 0.168 e. The first-order valence-electron chi connectivity index (χ1n) is 13.1. The van der Waals surface area contributed by atoms with E-state index in [0.717, 1.165) is 58.8 Å². The molecule has 2 N–H and O–H groups in total. The van der Waals surface area contributed by atoms with Crippen LogP contribution in [-0.2, 0) is 9.59 Å². The molecular formula is C30H38N2O2S2. The van der Waals surface area contributed by atoms with E-state index in [4.69, 9.17) is 5.73 Å². The maximum atomic E-state index is 12.3. The van der Waals surface area contributed by atoms with Gasteiger partial charge in [-0.05, 0) is 97.8 Å². The largest absolute Gasteiger partial charge is 0.405 e. The van der Waals surface area contributed by atoms with Crippen LogP contribution in [-0.4, -0.2) is 28.1 Å². The number of carbonyl (C=O) groups is 2. The lowest BCUT2D eigenvalue weighted by atomic mass is 9.48. The average molecular weight is 523 g/mol. The number of Topliss-reactive ketones (excluding diaryl/α,β-unsaturated/α-hetero) is 2.